The van der Waals surface area contributed by atoms with Gasteiger partial charge in [-0.1, -0.05) is 5.57 Å². The number of nitrogens with zero attached hydrogens (tertiary/aromatic N) is 2. The second-order valence-corrected chi connectivity index (χ2v) is 14.2. The molecule has 2 aliphatic rings. The molecule has 0 unspecified atom stereocenters. The van der Waals surface area contributed by atoms with Gasteiger partial charge in [0.2, 0.25) is 0 Å². The molecular formula is C29H39N3O6S2. The highest BCUT2D eigenvalue weighted by molar-refractivity contribution is 7.93. The number of rotatable bonds is 10. The summed E-state index contributed by atoms with van der Waals surface area (Å²) in [5.41, 5.74) is 3.68. The van der Waals surface area contributed by atoms with E-state index in [1.54, 1.807) is 36.9 Å². The zero-order chi connectivity index (χ0) is 28.9. The molecule has 0 bridgehead atoms. The number of amides is 1. The first-order valence-corrected chi connectivity index (χ1v) is 16.0. The molecule has 0 aliphatic carbocycles. The first-order chi connectivity index (χ1) is 19.1. The SMILES string of the molecule is COCCN1CCC(C(=O)NO)(S(=O)(=O)c2ccc(N3CCC(C(=O)c4ccc(C=C(C)C)s4)CC3)cc2)CC1. The van der Waals surface area contributed by atoms with Gasteiger partial charge < -0.3 is 14.5 Å². The van der Waals surface area contributed by atoms with Crippen LogP contribution in [0, 0.1) is 5.92 Å². The van der Waals surface area contributed by atoms with Crippen LogP contribution in [-0.4, -0.2) is 81.4 Å². The first kappa shape index (κ1) is 30.4. The number of methoxy groups -OCH3 is 1. The number of piperidine rings is 2. The normalized spacial score (nSPS) is 18.4. The number of benzene rings is 1. The standard InChI is InChI=1S/C29H39N3O6S2/c1-21(2)20-24-6-9-26(39-24)27(33)22-10-14-32(15-11-22)23-4-7-25(8-5-23)40(36,37)29(28(34)30-35)12-16-31(17-13-29)18-19-38-3/h4-9,20,22,35H,10-19H2,1-3H3,(H,30,34). The Hall–Kier alpha value is -2.57. The lowest BCUT2D eigenvalue weighted by molar-refractivity contribution is -0.133. The van der Waals surface area contributed by atoms with Gasteiger partial charge in [-0.25, -0.2) is 13.9 Å². The van der Waals surface area contributed by atoms with E-state index in [4.69, 9.17) is 4.74 Å². The summed E-state index contributed by atoms with van der Waals surface area (Å²) in [6, 6.07) is 10.5. The van der Waals surface area contributed by atoms with Crippen molar-refractivity contribution in [1.29, 1.82) is 0 Å². The van der Waals surface area contributed by atoms with Crippen molar-refractivity contribution in [3.05, 3.63) is 51.7 Å². The molecule has 0 atom stereocenters. The highest BCUT2D eigenvalue weighted by atomic mass is 32.2. The minimum Gasteiger partial charge on any atom is -0.383 e. The molecule has 2 aromatic rings. The number of nitrogens with one attached hydrogen (secondary N) is 1. The molecular weight excluding hydrogens is 550 g/mol. The number of Topliss-reactive ketones (excluding diaryl/α,β-unsaturated/α-hetero) is 1. The van der Waals surface area contributed by atoms with E-state index in [1.807, 2.05) is 26.0 Å². The van der Waals surface area contributed by atoms with Gasteiger partial charge in [-0.05, 0) is 82.0 Å². The number of hydrogen-bond acceptors (Lipinski definition) is 9. The van der Waals surface area contributed by atoms with Crippen LogP contribution in [0.4, 0.5) is 5.69 Å². The molecule has 2 N–H and O–H groups in total. The fourth-order valence-corrected chi connectivity index (χ4v) is 8.63. The van der Waals surface area contributed by atoms with Crippen molar-refractivity contribution in [2.24, 2.45) is 5.92 Å². The molecule has 40 heavy (non-hydrogen) atoms. The summed E-state index contributed by atoms with van der Waals surface area (Å²) in [5, 5.41) is 9.42. The minimum atomic E-state index is -4.08. The van der Waals surface area contributed by atoms with Crippen LogP contribution in [0.15, 0.2) is 46.9 Å². The van der Waals surface area contributed by atoms with Crippen molar-refractivity contribution in [3.63, 3.8) is 0 Å². The van der Waals surface area contributed by atoms with Crippen molar-refractivity contribution in [2.75, 3.05) is 51.3 Å². The number of hydroxylamine groups is 1. The molecule has 0 radical (unpaired) electrons. The lowest BCUT2D eigenvalue weighted by Crippen LogP contribution is -2.58. The quantitative estimate of drug-likeness (QED) is 0.243. The van der Waals surface area contributed by atoms with Gasteiger partial charge in [0.1, 0.15) is 0 Å². The van der Waals surface area contributed by atoms with E-state index in [9.17, 15) is 23.2 Å². The number of allylic oxidation sites excluding steroid dienone is 1. The number of anilines is 1. The zero-order valence-corrected chi connectivity index (χ0v) is 25.0. The molecule has 1 aromatic heterocycles. The average Bonchev–Trinajstić information content (AvgIpc) is 3.43. The Morgan fingerprint density at radius 1 is 1.07 bits per heavy atom. The number of ether oxygens (including phenoxy) is 1. The van der Waals surface area contributed by atoms with Crippen LogP contribution < -0.4 is 10.4 Å². The van der Waals surface area contributed by atoms with E-state index in [2.05, 4.69) is 15.9 Å². The Morgan fingerprint density at radius 2 is 1.73 bits per heavy atom. The van der Waals surface area contributed by atoms with Crippen molar-refractivity contribution in [3.8, 4) is 0 Å². The van der Waals surface area contributed by atoms with E-state index in [-0.39, 0.29) is 29.4 Å². The summed E-state index contributed by atoms with van der Waals surface area (Å²) in [5.74, 6) is -0.727. The fourth-order valence-electron chi connectivity index (χ4n) is 5.59. The van der Waals surface area contributed by atoms with Gasteiger partial charge in [-0.15, -0.1) is 11.3 Å². The van der Waals surface area contributed by atoms with Crippen LogP contribution in [0.5, 0.6) is 0 Å². The number of carbonyl (C=O) groups is 2. The lowest BCUT2D eigenvalue weighted by Gasteiger charge is -2.39. The topological polar surface area (TPSA) is 116 Å². The fraction of sp³-hybridized carbons (Fsp3) is 0.517. The predicted octanol–water partition coefficient (Wildman–Crippen LogP) is 4.03. The van der Waals surface area contributed by atoms with Gasteiger partial charge >= 0.3 is 0 Å². The van der Waals surface area contributed by atoms with Gasteiger partial charge in [-0.3, -0.25) is 14.8 Å². The third kappa shape index (κ3) is 6.33. The molecule has 0 saturated carbocycles. The second kappa shape index (κ2) is 12.9. The number of ketones is 1. The van der Waals surface area contributed by atoms with E-state index >= 15 is 0 Å². The largest absolute Gasteiger partial charge is 0.383 e. The highest BCUT2D eigenvalue weighted by Gasteiger charge is 2.52. The smallest absolute Gasteiger partial charge is 0.265 e. The molecule has 2 fully saturated rings. The summed E-state index contributed by atoms with van der Waals surface area (Å²) in [6.07, 6.45) is 3.70. The number of carbonyl (C=O) groups excluding carboxylic acids is 2. The molecule has 218 valence electrons. The third-order valence-electron chi connectivity index (χ3n) is 7.98. The number of likely N-dealkylation sites (tertiary alicyclic amines) is 1. The third-order valence-corrected chi connectivity index (χ3v) is 11.5. The van der Waals surface area contributed by atoms with Crippen LogP contribution in [0.1, 0.15) is 54.1 Å². The lowest BCUT2D eigenvalue weighted by atomic mass is 9.91. The summed E-state index contributed by atoms with van der Waals surface area (Å²) in [4.78, 5) is 32.0. The summed E-state index contributed by atoms with van der Waals surface area (Å²) in [6.45, 7) is 7.45. The van der Waals surface area contributed by atoms with Gasteiger partial charge in [-0.2, -0.15) is 0 Å². The van der Waals surface area contributed by atoms with E-state index < -0.39 is 20.5 Å². The van der Waals surface area contributed by atoms with Crippen molar-refractivity contribution in [1.82, 2.24) is 10.4 Å². The van der Waals surface area contributed by atoms with E-state index in [0.717, 1.165) is 28.3 Å². The van der Waals surface area contributed by atoms with Crippen molar-refractivity contribution < 1.29 is 28.0 Å². The molecule has 11 heteroatoms. The molecule has 0 spiro atoms. The van der Waals surface area contributed by atoms with Gasteiger partial charge in [0.25, 0.3) is 5.91 Å². The van der Waals surface area contributed by atoms with Crippen LogP contribution in [-0.2, 0) is 19.4 Å². The van der Waals surface area contributed by atoms with Gasteiger partial charge in [0.05, 0.1) is 16.4 Å². The molecule has 2 aliphatic heterocycles. The zero-order valence-electron chi connectivity index (χ0n) is 23.4. The molecule has 9 nitrogen and oxygen atoms in total. The Kier molecular flexibility index (Phi) is 9.84. The summed E-state index contributed by atoms with van der Waals surface area (Å²) in [7, 11) is -2.47. The average molecular weight is 590 g/mol. The number of sulfone groups is 1. The minimum absolute atomic E-state index is 0.0271. The Labute approximate surface area is 240 Å². The molecule has 4 rings (SSSR count). The monoisotopic (exact) mass is 589 g/mol. The summed E-state index contributed by atoms with van der Waals surface area (Å²) < 4.78 is 30.9. The maximum absolute atomic E-state index is 13.8. The van der Waals surface area contributed by atoms with Crippen molar-refractivity contribution >= 4 is 44.6 Å². The van der Waals surface area contributed by atoms with Crippen LogP contribution >= 0.6 is 11.3 Å². The van der Waals surface area contributed by atoms with Crippen LogP contribution in [0.25, 0.3) is 6.08 Å². The number of thiophene rings is 1. The Bertz CT molecular complexity index is 1320. The molecule has 2 saturated heterocycles. The van der Waals surface area contributed by atoms with Crippen molar-refractivity contribution in [2.45, 2.75) is 49.2 Å². The molecule has 3 heterocycles. The van der Waals surface area contributed by atoms with E-state index in [0.29, 0.717) is 39.3 Å². The maximum Gasteiger partial charge on any atom is 0.265 e. The van der Waals surface area contributed by atoms with Crippen LogP contribution in [0.3, 0.4) is 0 Å². The van der Waals surface area contributed by atoms with E-state index in [1.165, 1.54) is 16.9 Å². The van der Waals surface area contributed by atoms with Gasteiger partial charge in [0, 0.05) is 56.3 Å². The molecule has 1 aromatic carbocycles. The molecule has 1 amide bonds. The Balaban J connectivity index is 1.42. The number of hydrogen-bond donors (Lipinski definition) is 2. The highest BCUT2D eigenvalue weighted by Crippen LogP contribution is 2.37. The van der Waals surface area contributed by atoms with Gasteiger partial charge in [0.15, 0.2) is 20.4 Å². The predicted molar refractivity (Wildman–Crippen MR) is 157 cm³/mol. The first-order valence-electron chi connectivity index (χ1n) is 13.7. The maximum atomic E-state index is 13.8. The summed E-state index contributed by atoms with van der Waals surface area (Å²) >= 11 is 1.53. The van der Waals surface area contributed by atoms with Crippen LogP contribution in [0.2, 0.25) is 0 Å². The Morgan fingerprint density at radius 3 is 2.30 bits per heavy atom. The second-order valence-electron chi connectivity index (χ2n) is 10.8.